The van der Waals surface area contributed by atoms with Gasteiger partial charge in [0, 0.05) is 49.7 Å². The molecular formula is C18H21F3N6. The number of hydrogen-bond acceptors (Lipinski definition) is 4. The number of piperazine rings is 1. The van der Waals surface area contributed by atoms with E-state index in [-0.39, 0.29) is 0 Å². The van der Waals surface area contributed by atoms with E-state index in [1.165, 1.54) is 6.07 Å². The first-order chi connectivity index (χ1) is 12.8. The standard InChI is InChI=1S/C18H21F3N6/c1-23-17-13(16(22)27-8-11-2-3-12(9-27)25-11)7-14(26-17)10-4-5-24-15(6-10)18(19,20)21/h4-7,11-12,22-23,25-26H,2-3,8-9H2,1H3. The number of pyridine rings is 1. The summed E-state index contributed by atoms with van der Waals surface area (Å²) in [5, 5.41) is 15.2. The molecular weight excluding hydrogens is 357 g/mol. The lowest BCUT2D eigenvalue weighted by Crippen LogP contribution is -2.53. The predicted molar refractivity (Wildman–Crippen MR) is 96.9 cm³/mol. The number of fused-ring (bicyclic) bond motifs is 2. The molecule has 0 saturated carbocycles. The normalized spacial score (nSPS) is 22.1. The summed E-state index contributed by atoms with van der Waals surface area (Å²) in [5.74, 6) is 0.997. The monoisotopic (exact) mass is 378 g/mol. The van der Waals surface area contributed by atoms with Crippen molar-refractivity contribution in [1.29, 1.82) is 5.41 Å². The number of aromatic amines is 1. The van der Waals surface area contributed by atoms with Crippen LogP contribution in [0.1, 0.15) is 24.1 Å². The quantitative estimate of drug-likeness (QED) is 0.489. The highest BCUT2D eigenvalue weighted by Crippen LogP contribution is 2.32. The lowest BCUT2D eigenvalue weighted by molar-refractivity contribution is -0.141. The Balaban J connectivity index is 1.64. The number of rotatable bonds is 3. The SMILES string of the molecule is CNc1[nH]c(-c2ccnc(C(F)(F)F)c2)cc1C(=N)N1CC2CCC(C1)N2. The van der Waals surface area contributed by atoms with Crippen LogP contribution in [-0.4, -0.2) is 52.9 Å². The van der Waals surface area contributed by atoms with Gasteiger partial charge in [0.1, 0.15) is 17.3 Å². The number of hydrogen-bond donors (Lipinski definition) is 4. The number of nitrogens with one attached hydrogen (secondary N) is 4. The first kappa shape index (κ1) is 17.8. The van der Waals surface area contributed by atoms with Crippen LogP contribution in [0, 0.1) is 5.41 Å². The molecule has 4 rings (SSSR count). The number of halogens is 3. The number of aromatic nitrogens is 2. The Labute approximate surface area is 154 Å². The molecule has 2 unspecified atom stereocenters. The van der Waals surface area contributed by atoms with Crippen molar-refractivity contribution >= 4 is 11.7 Å². The molecule has 9 heteroatoms. The molecule has 4 heterocycles. The van der Waals surface area contributed by atoms with Gasteiger partial charge >= 0.3 is 6.18 Å². The second-order valence-corrected chi connectivity index (χ2v) is 7.04. The Morgan fingerprint density at radius 1 is 1.26 bits per heavy atom. The van der Waals surface area contributed by atoms with Crippen molar-refractivity contribution < 1.29 is 13.2 Å². The highest BCUT2D eigenvalue weighted by molar-refractivity contribution is 6.02. The number of H-pyrrole nitrogens is 1. The smallest absolute Gasteiger partial charge is 0.374 e. The molecule has 144 valence electrons. The lowest BCUT2D eigenvalue weighted by atomic mass is 10.1. The average Bonchev–Trinajstić information content (AvgIpc) is 3.23. The number of likely N-dealkylation sites (tertiary alicyclic amines) is 1. The number of anilines is 1. The van der Waals surface area contributed by atoms with Gasteiger partial charge in [-0.2, -0.15) is 13.2 Å². The van der Waals surface area contributed by atoms with Gasteiger partial charge in [-0.3, -0.25) is 10.4 Å². The minimum absolute atomic E-state index is 0.380. The molecule has 0 radical (unpaired) electrons. The maximum atomic E-state index is 13.0. The van der Waals surface area contributed by atoms with Gasteiger partial charge in [0.05, 0.1) is 5.56 Å². The van der Waals surface area contributed by atoms with Gasteiger partial charge in [-0.25, -0.2) is 0 Å². The summed E-state index contributed by atoms with van der Waals surface area (Å²) in [6.45, 7) is 1.54. The van der Waals surface area contributed by atoms with Crippen LogP contribution in [0.25, 0.3) is 11.3 Å². The highest BCUT2D eigenvalue weighted by atomic mass is 19.4. The van der Waals surface area contributed by atoms with Crippen molar-refractivity contribution in [1.82, 2.24) is 20.2 Å². The van der Waals surface area contributed by atoms with E-state index in [1.807, 2.05) is 4.90 Å². The zero-order valence-electron chi connectivity index (χ0n) is 14.8. The average molecular weight is 378 g/mol. The fourth-order valence-electron chi connectivity index (χ4n) is 3.90. The van der Waals surface area contributed by atoms with Gasteiger partial charge in [-0.1, -0.05) is 0 Å². The van der Waals surface area contributed by atoms with Crippen molar-refractivity contribution in [2.75, 3.05) is 25.5 Å². The lowest BCUT2D eigenvalue weighted by Gasteiger charge is -2.34. The number of nitrogens with zero attached hydrogens (tertiary/aromatic N) is 2. The summed E-state index contributed by atoms with van der Waals surface area (Å²) >= 11 is 0. The Hall–Kier alpha value is -2.55. The molecule has 2 aromatic rings. The van der Waals surface area contributed by atoms with Crippen LogP contribution in [0.3, 0.4) is 0 Å². The summed E-state index contributed by atoms with van der Waals surface area (Å²) in [6.07, 6.45) is -1.12. The molecule has 2 saturated heterocycles. The minimum Gasteiger partial charge on any atom is -0.374 e. The molecule has 2 aromatic heterocycles. The van der Waals surface area contributed by atoms with Gasteiger partial charge in [0.2, 0.25) is 0 Å². The molecule has 0 aliphatic carbocycles. The zero-order chi connectivity index (χ0) is 19.2. The van der Waals surface area contributed by atoms with E-state index in [2.05, 4.69) is 20.6 Å². The third kappa shape index (κ3) is 3.39. The van der Waals surface area contributed by atoms with E-state index < -0.39 is 11.9 Å². The van der Waals surface area contributed by atoms with Crippen molar-refractivity contribution in [2.45, 2.75) is 31.1 Å². The molecule has 0 amide bonds. The molecule has 0 aromatic carbocycles. The molecule has 2 atom stereocenters. The summed E-state index contributed by atoms with van der Waals surface area (Å²) in [4.78, 5) is 8.54. The van der Waals surface area contributed by atoms with E-state index in [1.54, 1.807) is 13.1 Å². The Kier molecular flexibility index (Phi) is 4.33. The van der Waals surface area contributed by atoms with Crippen molar-refractivity contribution in [2.24, 2.45) is 0 Å². The Morgan fingerprint density at radius 2 is 1.96 bits per heavy atom. The second kappa shape index (κ2) is 6.56. The van der Waals surface area contributed by atoms with E-state index in [9.17, 15) is 13.2 Å². The van der Waals surface area contributed by atoms with Gasteiger partial charge in [-0.05, 0) is 31.0 Å². The first-order valence-corrected chi connectivity index (χ1v) is 8.89. The molecule has 2 fully saturated rings. The van der Waals surface area contributed by atoms with Crippen LogP contribution in [0.15, 0.2) is 24.4 Å². The van der Waals surface area contributed by atoms with Gasteiger partial charge in [-0.15, -0.1) is 0 Å². The number of alkyl halides is 3. The highest BCUT2D eigenvalue weighted by Gasteiger charge is 2.35. The molecule has 6 nitrogen and oxygen atoms in total. The maximum absolute atomic E-state index is 13.0. The molecule has 27 heavy (non-hydrogen) atoms. The molecule has 0 spiro atoms. The van der Waals surface area contributed by atoms with Crippen LogP contribution in [0.2, 0.25) is 0 Å². The van der Waals surface area contributed by atoms with Crippen molar-refractivity contribution in [3.05, 3.63) is 35.7 Å². The topological polar surface area (TPSA) is 79.8 Å². The fraction of sp³-hybridized carbons (Fsp3) is 0.444. The largest absolute Gasteiger partial charge is 0.433 e. The fourth-order valence-corrected chi connectivity index (χ4v) is 3.90. The molecule has 2 aliphatic heterocycles. The minimum atomic E-state index is -4.50. The summed E-state index contributed by atoms with van der Waals surface area (Å²) in [5.41, 5.74) is 0.619. The van der Waals surface area contributed by atoms with Crippen LogP contribution >= 0.6 is 0 Å². The van der Waals surface area contributed by atoms with Crippen LogP contribution in [-0.2, 0) is 6.18 Å². The molecule has 2 bridgehead atoms. The third-order valence-electron chi connectivity index (χ3n) is 5.22. The predicted octanol–water partition coefficient (Wildman–Crippen LogP) is 2.90. The van der Waals surface area contributed by atoms with Gasteiger partial charge < -0.3 is 20.5 Å². The molecule has 4 N–H and O–H groups in total. The number of amidine groups is 1. The van der Waals surface area contributed by atoms with Gasteiger partial charge in [0.15, 0.2) is 0 Å². The third-order valence-corrected chi connectivity index (χ3v) is 5.22. The first-order valence-electron chi connectivity index (χ1n) is 8.89. The van der Waals surface area contributed by atoms with Gasteiger partial charge in [0.25, 0.3) is 0 Å². The van der Waals surface area contributed by atoms with E-state index in [0.29, 0.717) is 40.6 Å². The van der Waals surface area contributed by atoms with Crippen molar-refractivity contribution in [3.8, 4) is 11.3 Å². The Bertz CT molecular complexity index is 847. The van der Waals surface area contributed by atoms with Crippen molar-refractivity contribution in [3.63, 3.8) is 0 Å². The van der Waals surface area contributed by atoms with E-state index in [0.717, 1.165) is 38.2 Å². The molecule has 2 aliphatic rings. The summed E-state index contributed by atoms with van der Waals surface area (Å²) in [7, 11) is 1.72. The van der Waals surface area contributed by atoms with Crippen LogP contribution in [0.5, 0.6) is 0 Å². The summed E-state index contributed by atoms with van der Waals surface area (Å²) < 4.78 is 38.9. The van der Waals surface area contributed by atoms with E-state index in [4.69, 9.17) is 5.41 Å². The summed E-state index contributed by atoms with van der Waals surface area (Å²) in [6, 6.07) is 5.07. The van der Waals surface area contributed by atoms with E-state index >= 15 is 0 Å². The van der Waals surface area contributed by atoms with Crippen LogP contribution < -0.4 is 10.6 Å². The zero-order valence-corrected chi connectivity index (χ0v) is 14.8. The Morgan fingerprint density at radius 3 is 2.59 bits per heavy atom. The second-order valence-electron chi connectivity index (χ2n) is 7.04. The van der Waals surface area contributed by atoms with Crippen LogP contribution in [0.4, 0.5) is 19.0 Å². The maximum Gasteiger partial charge on any atom is 0.433 e.